The molecule has 0 saturated carbocycles. The van der Waals surface area contributed by atoms with Crippen LogP contribution in [0.1, 0.15) is 25.7 Å². The van der Waals surface area contributed by atoms with E-state index in [1.165, 1.54) is 43.8 Å². The monoisotopic (exact) mass is 305 g/mol. The van der Waals surface area contributed by atoms with E-state index in [2.05, 4.69) is 35.0 Å². The van der Waals surface area contributed by atoms with E-state index in [4.69, 9.17) is 0 Å². The van der Waals surface area contributed by atoms with Crippen LogP contribution in [0.4, 0.5) is 5.95 Å². The number of piperidine rings is 1. The van der Waals surface area contributed by atoms with E-state index in [1.54, 1.807) is 0 Å². The lowest BCUT2D eigenvalue weighted by atomic mass is 9.89. The van der Waals surface area contributed by atoms with E-state index >= 15 is 0 Å². The molecule has 0 radical (unpaired) electrons. The second-order valence-electron chi connectivity index (χ2n) is 5.80. The van der Waals surface area contributed by atoms with Crippen molar-refractivity contribution in [2.24, 2.45) is 5.92 Å². The van der Waals surface area contributed by atoms with Crippen LogP contribution >= 0.6 is 11.5 Å². The van der Waals surface area contributed by atoms with Gasteiger partial charge < -0.3 is 10.2 Å². The highest BCUT2D eigenvalue weighted by atomic mass is 32.1. The number of anilines is 1. The molecule has 8 heteroatoms. The Hall–Kier alpha value is -1.54. The maximum absolute atomic E-state index is 4.55. The van der Waals surface area contributed by atoms with Gasteiger partial charge in [-0.1, -0.05) is 4.49 Å². The van der Waals surface area contributed by atoms with Crippen LogP contribution in [0.2, 0.25) is 0 Å². The Labute approximate surface area is 127 Å². The molecule has 2 aromatic rings. The minimum absolute atomic E-state index is 0.707. The maximum Gasteiger partial charge on any atom is 0.245 e. The maximum atomic E-state index is 4.55. The van der Waals surface area contributed by atoms with Crippen molar-refractivity contribution in [1.82, 2.24) is 30.1 Å². The summed E-state index contributed by atoms with van der Waals surface area (Å²) >= 11 is 1.32. The zero-order valence-electron chi connectivity index (χ0n) is 11.8. The summed E-state index contributed by atoms with van der Waals surface area (Å²) in [5.41, 5.74) is 0.767. The fraction of sp³-hybridized carbons (Fsp3) is 0.692. The molecule has 112 valence electrons. The van der Waals surface area contributed by atoms with E-state index in [1.807, 2.05) is 5.38 Å². The Bertz CT molecular complexity index is 567. The van der Waals surface area contributed by atoms with Crippen LogP contribution in [0.15, 0.2) is 5.38 Å². The molecule has 2 saturated heterocycles. The summed E-state index contributed by atoms with van der Waals surface area (Å²) in [6, 6.07) is 0.732. The van der Waals surface area contributed by atoms with Crippen LogP contribution in [-0.4, -0.2) is 50.4 Å². The molecule has 0 spiro atoms. The van der Waals surface area contributed by atoms with E-state index in [0.717, 1.165) is 36.7 Å². The molecular formula is C13H19N7S. The van der Waals surface area contributed by atoms with Crippen molar-refractivity contribution in [2.45, 2.75) is 31.7 Å². The van der Waals surface area contributed by atoms with Crippen LogP contribution < -0.4 is 10.2 Å². The second-order valence-corrected chi connectivity index (χ2v) is 6.41. The molecule has 0 amide bonds. The summed E-state index contributed by atoms with van der Waals surface area (Å²) < 4.78 is 3.86. The molecule has 2 N–H and O–H groups in total. The molecule has 7 nitrogen and oxygen atoms in total. The van der Waals surface area contributed by atoms with Gasteiger partial charge >= 0.3 is 0 Å². The predicted molar refractivity (Wildman–Crippen MR) is 81.2 cm³/mol. The highest BCUT2D eigenvalue weighted by molar-refractivity contribution is 7.03. The molecule has 2 aliphatic rings. The first-order chi connectivity index (χ1) is 10.4. The molecule has 0 bridgehead atoms. The number of nitrogens with zero attached hydrogens (tertiary/aromatic N) is 5. The Morgan fingerprint density at radius 3 is 2.86 bits per heavy atom. The van der Waals surface area contributed by atoms with Crippen molar-refractivity contribution in [3.63, 3.8) is 0 Å². The number of hydrogen-bond acceptors (Lipinski definition) is 7. The predicted octanol–water partition coefficient (Wildman–Crippen LogP) is 1.29. The lowest BCUT2D eigenvalue weighted by Gasteiger charge is -2.34. The van der Waals surface area contributed by atoms with Gasteiger partial charge in [0, 0.05) is 24.5 Å². The first-order valence-electron chi connectivity index (χ1n) is 7.58. The number of nitrogens with one attached hydrogen (secondary N) is 2. The topological polar surface area (TPSA) is 82.6 Å². The van der Waals surface area contributed by atoms with Crippen LogP contribution in [0.3, 0.4) is 0 Å². The fourth-order valence-corrected chi connectivity index (χ4v) is 3.83. The third-order valence-electron chi connectivity index (χ3n) is 4.57. The largest absolute Gasteiger partial charge is 0.340 e. The van der Waals surface area contributed by atoms with Gasteiger partial charge in [0.25, 0.3) is 0 Å². The average Bonchev–Trinajstić information content (AvgIpc) is 3.27. The molecule has 21 heavy (non-hydrogen) atoms. The molecule has 2 aromatic heterocycles. The van der Waals surface area contributed by atoms with E-state index in [9.17, 15) is 0 Å². The van der Waals surface area contributed by atoms with Crippen molar-refractivity contribution in [2.75, 3.05) is 24.5 Å². The summed E-state index contributed by atoms with van der Waals surface area (Å²) in [5, 5.41) is 16.8. The molecule has 4 rings (SSSR count). The van der Waals surface area contributed by atoms with Crippen molar-refractivity contribution in [1.29, 1.82) is 0 Å². The van der Waals surface area contributed by atoms with Crippen LogP contribution in [0, 0.1) is 5.92 Å². The summed E-state index contributed by atoms with van der Waals surface area (Å²) in [6.07, 6.45) is 5.11. The van der Waals surface area contributed by atoms with Gasteiger partial charge in [-0.2, -0.15) is 4.98 Å². The van der Waals surface area contributed by atoms with Crippen LogP contribution in [-0.2, 0) is 0 Å². The zero-order valence-corrected chi connectivity index (χ0v) is 12.6. The summed E-state index contributed by atoms with van der Waals surface area (Å²) in [4.78, 5) is 6.82. The molecule has 2 aliphatic heterocycles. The zero-order chi connectivity index (χ0) is 14.1. The van der Waals surface area contributed by atoms with Gasteiger partial charge in [-0.3, -0.25) is 5.10 Å². The van der Waals surface area contributed by atoms with E-state index < -0.39 is 0 Å². The Morgan fingerprint density at radius 1 is 1.24 bits per heavy atom. The van der Waals surface area contributed by atoms with Gasteiger partial charge in [-0.05, 0) is 49.7 Å². The lowest BCUT2D eigenvalue weighted by molar-refractivity contribution is 0.317. The number of H-pyrrole nitrogens is 1. The van der Waals surface area contributed by atoms with Crippen molar-refractivity contribution >= 4 is 17.5 Å². The first-order valence-corrected chi connectivity index (χ1v) is 8.42. The van der Waals surface area contributed by atoms with Crippen molar-refractivity contribution < 1.29 is 0 Å². The van der Waals surface area contributed by atoms with Crippen LogP contribution in [0.25, 0.3) is 11.5 Å². The van der Waals surface area contributed by atoms with E-state index in [0.29, 0.717) is 5.82 Å². The number of aromatic nitrogens is 5. The quantitative estimate of drug-likeness (QED) is 0.889. The molecular weight excluding hydrogens is 286 g/mol. The summed E-state index contributed by atoms with van der Waals surface area (Å²) in [6.45, 7) is 3.27. The minimum atomic E-state index is 0.707. The third kappa shape index (κ3) is 2.65. The third-order valence-corrected chi connectivity index (χ3v) is 5.07. The highest BCUT2D eigenvalue weighted by Crippen LogP contribution is 2.27. The van der Waals surface area contributed by atoms with Gasteiger partial charge in [0.05, 0.1) is 0 Å². The Balaban J connectivity index is 1.39. The molecule has 1 atom stereocenters. The Kier molecular flexibility index (Phi) is 3.56. The normalized spacial score (nSPS) is 23.8. The average molecular weight is 305 g/mol. The molecule has 1 unspecified atom stereocenters. The molecule has 4 heterocycles. The number of hydrogen-bond donors (Lipinski definition) is 2. The lowest BCUT2D eigenvalue weighted by Crippen LogP contribution is -2.41. The van der Waals surface area contributed by atoms with Gasteiger partial charge in [0.15, 0.2) is 5.82 Å². The highest BCUT2D eigenvalue weighted by Gasteiger charge is 2.29. The van der Waals surface area contributed by atoms with Gasteiger partial charge in [0.2, 0.25) is 5.95 Å². The smallest absolute Gasteiger partial charge is 0.245 e. The SMILES string of the molecule is c1snnc1-c1nc(N2CCC(C3CCCN3)CC2)n[nH]1. The van der Waals surface area contributed by atoms with E-state index in [-0.39, 0.29) is 0 Å². The summed E-state index contributed by atoms with van der Waals surface area (Å²) in [5.74, 6) is 2.30. The molecule has 0 aliphatic carbocycles. The molecule has 2 fully saturated rings. The molecule has 0 aromatic carbocycles. The first kappa shape index (κ1) is 13.1. The minimum Gasteiger partial charge on any atom is -0.340 e. The van der Waals surface area contributed by atoms with Gasteiger partial charge in [-0.25, -0.2) is 0 Å². The number of aromatic amines is 1. The number of rotatable bonds is 3. The van der Waals surface area contributed by atoms with Crippen molar-refractivity contribution in [3.05, 3.63) is 5.38 Å². The summed E-state index contributed by atoms with van der Waals surface area (Å²) in [7, 11) is 0. The second kappa shape index (κ2) is 5.69. The van der Waals surface area contributed by atoms with Gasteiger partial charge in [0.1, 0.15) is 5.69 Å². The Morgan fingerprint density at radius 2 is 2.14 bits per heavy atom. The van der Waals surface area contributed by atoms with Gasteiger partial charge in [-0.15, -0.1) is 10.2 Å². The standard InChI is InChI=1S/C13H19N7S/c1-2-10(14-5-1)9-3-6-20(7-4-9)13-15-12(17-18-13)11-8-21-19-16-11/h8-10,14H,1-7H2,(H,15,17,18). The fourth-order valence-electron chi connectivity index (χ4n) is 3.39. The van der Waals surface area contributed by atoms with Crippen molar-refractivity contribution in [3.8, 4) is 11.5 Å². The van der Waals surface area contributed by atoms with Crippen LogP contribution in [0.5, 0.6) is 0 Å².